The van der Waals surface area contributed by atoms with Crippen LogP contribution in [0.4, 0.5) is 10.5 Å². The molecule has 152 valence electrons. The molecule has 2 saturated heterocycles. The molecule has 3 unspecified atom stereocenters. The van der Waals surface area contributed by atoms with Crippen molar-refractivity contribution in [1.82, 2.24) is 15.1 Å². The van der Waals surface area contributed by atoms with Crippen molar-refractivity contribution in [3.8, 4) is 0 Å². The van der Waals surface area contributed by atoms with Gasteiger partial charge in [-0.1, -0.05) is 32.0 Å². The Morgan fingerprint density at radius 2 is 1.93 bits per heavy atom. The molecule has 2 fully saturated rings. The molecular weight excluding hydrogens is 356 g/mol. The van der Waals surface area contributed by atoms with Gasteiger partial charge in [-0.15, -0.1) is 0 Å². The molecule has 28 heavy (non-hydrogen) atoms. The minimum Gasteiger partial charge on any atom is -0.352 e. The molecule has 0 radical (unpaired) electrons. The molecule has 2 aliphatic heterocycles. The lowest BCUT2D eigenvalue weighted by Gasteiger charge is -2.43. The number of urea groups is 1. The first-order chi connectivity index (χ1) is 13.3. The number of piperazine rings is 1. The number of amides is 4. The van der Waals surface area contributed by atoms with Gasteiger partial charge >= 0.3 is 6.03 Å². The quantitative estimate of drug-likeness (QED) is 0.833. The SMILES string of the molecule is CC(=O)NC1CC2CN(C(=O)Nc3ccccc3C)C(CC(C)C)C(=O)N2C1. The summed E-state index contributed by atoms with van der Waals surface area (Å²) in [6.07, 6.45) is 1.29. The standard InChI is InChI=1S/C21H30N4O3/c1-13(2)9-19-20(27)24-11-16(22-15(4)26)10-17(24)12-25(19)21(28)23-18-8-6-5-7-14(18)3/h5-8,13,16-17,19H,9-12H2,1-4H3,(H,22,26)(H,23,28). The van der Waals surface area contributed by atoms with E-state index < -0.39 is 6.04 Å². The van der Waals surface area contributed by atoms with E-state index >= 15 is 0 Å². The molecule has 2 aliphatic rings. The van der Waals surface area contributed by atoms with Crippen molar-refractivity contribution in [2.24, 2.45) is 5.92 Å². The van der Waals surface area contributed by atoms with Gasteiger partial charge in [0.15, 0.2) is 0 Å². The van der Waals surface area contributed by atoms with Crippen LogP contribution in [0.5, 0.6) is 0 Å². The van der Waals surface area contributed by atoms with Crippen LogP contribution in [0.2, 0.25) is 0 Å². The van der Waals surface area contributed by atoms with Crippen LogP contribution in [0.15, 0.2) is 24.3 Å². The van der Waals surface area contributed by atoms with Crippen molar-refractivity contribution >= 4 is 23.5 Å². The van der Waals surface area contributed by atoms with Gasteiger partial charge in [-0.3, -0.25) is 9.59 Å². The van der Waals surface area contributed by atoms with Gasteiger partial charge in [0.1, 0.15) is 6.04 Å². The highest BCUT2D eigenvalue weighted by atomic mass is 16.2. The zero-order valence-corrected chi connectivity index (χ0v) is 17.1. The van der Waals surface area contributed by atoms with Gasteiger partial charge in [0.25, 0.3) is 0 Å². The second kappa shape index (κ2) is 8.20. The highest BCUT2D eigenvalue weighted by Crippen LogP contribution is 2.29. The lowest BCUT2D eigenvalue weighted by molar-refractivity contribution is -0.142. The molecule has 0 aliphatic carbocycles. The van der Waals surface area contributed by atoms with Gasteiger partial charge in [-0.25, -0.2) is 4.79 Å². The first-order valence-electron chi connectivity index (χ1n) is 9.97. The monoisotopic (exact) mass is 386 g/mol. The van der Waals surface area contributed by atoms with Crippen molar-refractivity contribution in [3.63, 3.8) is 0 Å². The second-order valence-corrected chi connectivity index (χ2v) is 8.32. The number of anilines is 1. The Labute approximate surface area is 166 Å². The molecule has 0 aromatic heterocycles. The molecule has 4 amide bonds. The predicted octanol–water partition coefficient (Wildman–Crippen LogP) is 2.36. The van der Waals surface area contributed by atoms with E-state index in [1.807, 2.05) is 36.1 Å². The number of nitrogens with zero attached hydrogens (tertiary/aromatic N) is 2. The number of fused-ring (bicyclic) bond motifs is 1. The lowest BCUT2D eigenvalue weighted by atomic mass is 9.97. The molecule has 2 heterocycles. The summed E-state index contributed by atoms with van der Waals surface area (Å²) in [7, 11) is 0. The summed E-state index contributed by atoms with van der Waals surface area (Å²) in [6.45, 7) is 8.55. The largest absolute Gasteiger partial charge is 0.352 e. The van der Waals surface area contributed by atoms with Crippen LogP contribution in [0.25, 0.3) is 0 Å². The maximum atomic E-state index is 13.2. The zero-order valence-electron chi connectivity index (χ0n) is 17.1. The van der Waals surface area contributed by atoms with Crippen LogP contribution in [-0.2, 0) is 9.59 Å². The number of carbonyl (C=O) groups is 3. The number of nitrogens with one attached hydrogen (secondary N) is 2. The fraction of sp³-hybridized carbons (Fsp3) is 0.571. The van der Waals surface area contributed by atoms with E-state index in [2.05, 4.69) is 24.5 Å². The summed E-state index contributed by atoms with van der Waals surface area (Å²) in [5.41, 5.74) is 1.74. The highest BCUT2D eigenvalue weighted by Gasteiger charge is 2.47. The number of carbonyl (C=O) groups excluding carboxylic acids is 3. The predicted molar refractivity (Wildman–Crippen MR) is 108 cm³/mol. The number of hydrogen-bond donors (Lipinski definition) is 2. The topological polar surface area (TPSA) is 81.8 Å². The summed E-state index contributed by atoms with van der Waals surface area (Å²) in [4.78, 5) is 41.2. The molecule has 7 heteroatoms. The minimum atomic E-state index is -0.476. The summed E-state index contributed by atoms with van der Waals surface area (Å²) in [5.74, 6) is 0.177. The number of para-hydroxylation sites is 1. The molecule has 7 nitrogen and oxygen atoms in total. The minimum absolute atomic E-state index is 0.0160. The van der Waals surface area contributed by atoms with E-state index in [1.165, 1.54) is 6.92 Å². The summed E-state index contributed by atoms with van der Waals surface area (Å²) < 4.78 is 0. The zero-order chi connectivity index (χ0) is 20.4. The lowest BCUT2D eigenvalue weighted by Crippen LogP contribution is -2.62. The first-order valence-corrected chi connectivity index (χ1v) is 9.97. The Hall–Kier alpha value is -2.57. The van der Waals surface area contributed by atoms with Gasteiger partial charge in [0.05, 0.1) is 6.04 Å². The summed E-state index contributed by atoms with van der Waals surface area (Å²) in [5, 5.41) is 5.89. The Kier molecular flexibility index (Phi) is 5.91. The molecule has 1 aromatic carbocycles. The van der Waals surface area contributed by atoms with Crippen molar-refractivity contribution < 1.29 is 14.4 Å². The summed E-state index contributed by atoms with van der Waals surface area (Å²) >= 11 is 0. The number of rotatable bonds is 4. The smallest absolute Gasteiger partial charge is 0.322 e. The average molecular weight is 386 g/mol. The van der Waals surface area contributed by atoms with Crippen LogP contribution < -0.4 is 10.6 Å². The van der Waals surface area contributed by atoms with E-state index in [9.17, 15) is 14.4 Å². The fourth-order valence-corrected chi connectivity index (χ4v) is 4.23. The second-order valence-electron chi connectivity index (χ2n) is 8.32. The van der Waals surface area contributed by atoms with Gasteiger partial charge < -0.3 is 20.4 Å². The van der Waals surface area contributed by atoms with Crippen molar-refractivity contribution in [3.05, 3.63) is 29.8 Å². The molecule has 1 aromatic rings. The average Bonchev–Trinajstić information content (AvgIpc) is 3.01. The Balaban J connectivity index is 1.80. The highest BCUT2D eigenvalue weighted by molar-refractivity contribution is 5.95. The molecule has 0 bridgehead atoms. The van der Waals surface area contributed by atoms with Gasteiger partial charge in [0.2, 0.25) is 11.8 Å². The van der Waals surface area contributed by atoms with E-state index in [4.69, 9.17) is 0 Å². The van der Waals surface area contributed by atoms with Crippen molar-refractivity contribution in [1.29, 1.82) is 0 Å². The Morgan fingerprint density at radius 1 is 1.21 bits per heavy atom. The maximum absolute atomic E-state index is 13.2. The number of hydrogen-bond acceptors (Lipinski definition) is 3. The Morgan fingerprint density at radius 3 is 2.57 bits per heavy atom. The maximum Gasteiger partial charge on any atom is 0.322 e. The number of aryl methyl sites for hydroxylation is 1. The van der Waals surface area contributed by atoms with Crippen LogP contribution in [0.1, 0.15) is 39.2 Å². The normalized spacial score (nSPS) is 24.3. The van der Waals surface area contributed by atoms with E-state index in [0.717, 1.165) is 11.3 Å². The Bertz CT molecular complexity index is 764. The van der Waals surface area contributed by atoms with Gasteiger partial charge in [-0.05, 0) is 37.3 Å². The van der Waals surface area contributed by atoms with Crippen LogP contribution in [0, 0.1) is 12.8 Å². The molecule has 3 rings (SSSR count). The van der Waals surface area contributed by atoms with Crippen LogP contribution in [0.3, 0.4) is 0 Å². The van der Waals surface area contributed by atoms with Gasteiger partial charge in [-0.2, -0.15) is 0 Å². The van der Waals surface area contributed by atoms with E-state index in [-0.39, 0.29) is 35.8 Å². The molecule has 3 atom stereocenters. The third-order valence-corrected chi connectivity index (χ3v) is 5.52. The molecular formula is C21H30N4O3. The summed E-state index contributed by atoms with van der Waals surface area (Å²) in [6, 6.07) is 6.79. The third kappa shape index (κ3) is 4.29. The fourth-order valence-electron chi connectivity index (χ4n) is 4.23. The number of benzene rings is 1. The third-order valence-electron chi connectivity index (χ3n) is 5.52. The first kappa shape index (κ1) is 20.2. The van der Waals surface area contributed by atoms with Crippen LogP contribution >= 0.6 is 0 Å². The van der Waals surface area contributed by atoms with Gasteiger partial charge in [0, 0.05) is 31.7 Å². The van der Waals surface area contributed by atoms with Crippen molar-refractivity contribution in [2.75, 3.05) is 18.4 Å². The van der Waals surface area contributed by atoms with E-state index in [0.29, 0.717) is 25.9 Å². The molecule has 2 N–H and O–H groups in total. The van der Waals surface area contributed by atoms with E-state index in [1.54, 1.807) is 4.90 Å². The molecule has 0 spiro atoms. The van der Waals surface area contributed by atoms with Crippen molar-refractivity contribution in [2.45, 2.75) is 58.7 Å². The van der Waals surface area contributed by atoms with Crippen LogP contribution in [-0.4, -0.2) is 58.9 Å². The molecule has 0 saturated carbocycles.